The first kappa shape index (κ1) is 21.2. The first-order valence-corrected chi connectivity index (χ1v) is 10.2. The molecule has 0 amide bonds. The van der Waals surface area contributed by atoms with E-state index in [4.69, 9.17) is 9.47 Å². The molecule has 0 aliphatic rings. The van der Waals surface area contributed by atoms with Crippen molar-refractivity contribution in [3.8, 4) is 5.75 Å². The smallest absolute Gasteiger partial charge is 0.191 e. The lowest BCUT2D eigenvalue weighted by molar-refractivity contribution is 0.120. The van der Waals surface area contributed by atoms with Crippen LogP contribution in [0, 0.1) is 6.92 Å². The average Bonchev–Trinajstić information content (AvgIpc) is 3.10. The molecule has 0 atom stereocenters. The molecule has 2 N–H and O–H groups in total. The minimum Gasteiger partial charge on any atom is -0.497 e. The van der Waals surface area contributed by atoms with E-state index >= 15 is 0 Å². The van der Waals surface area contributed by atoms with E-state index in [1.165, 1.54) is 0 Å². The fraction of sp³-hybridized carbons (Fsp3) is 0.500. The highest BCUT2D eigenvalue weighted by Gasteiger charge is 2.01. The molecule has 0 aliphatic heterocycles. The van der Waals surface area contributed by atoms with Gasteiger partial charge in [0.25, 0.3) is 0 Å². The molecule has 1 heterocycles. The van der Waals surface area contributed by atoms with Crippen LogP contribution >= 0.6 is 11.3 Å². The Labute approximate surface area is 166 Å². The summed E-state index contributed by atoms with van der Waals surface area (Å²) in [6, 6.07) is 7.94. The Kier molecular flexibility index (Phi) is 9.65. The van der Waals surface area contributed by atoms with Gasteiger partial charge in [0.15, 0.2) is 5.96 Å². The van der Waals surface area contributed by atoms with E-state index < -0.39 is 0 Å². The third-order valence-electron chi connectivity index (χ3n) is 3.83. The summed E-state index contributed by atoms with van der Waals surface area (Å²) in [5.41, 5.74) is 2.28. The number of nitrogens with one attached hydrogen (secondary N) is 2. The van der Waals surface area contributed by atoms with Crippen molar-refractivity contribution in [2.24, 2.45) is 4.99 Å². The van der Waals surface area contributed by atoms with Gasteiger partial charge in [-0.1, -0.05) is 12.1 Å². The second-order valence-electron chi connectivity index (χ2n) is 6.05. The molecular weight excluding hydrogens is 360 g/mol. The Bertz CT molecular complexity index is 686. The topological polar surface area (TPSA) is 67.8 Å². The van der Waals surface area contributed by atoms with E-state index in [0.717, 1.165) is 60.4 Å². The zero-order chi connectivity index (χ0) is 19.3. The molecule has 0 unspecified atom stereocenters. The molecule has 2 aromatic rings. The van der Waals surface area contributed by atoms with Gasteiger partial charge < -0.3 is 20.1 Å². The average molecular weight is 391 g/mol. The molecule has 0 bridgehead atoms. The van der Waals surface area contributed by atoms with Crippen LogP contribution in [0.25, 0.3) is 0 Å². The van der Waals surface area contributed by atoms with Crippen molar-refractivity contribution in [2.75, 3.05) is 33.4 Å². The van der Waals surface area contributed by atoms with Crippen LogP contribution in [-0.4, -0.2) is 44.3 Å². The number of hydrogen-bond donors (Lipinski definition) is 2. The third kappa shape index (κ3) is 8.41. The summed E-state index contributed by atoms with van der Waals surface area (Å²) in [6.07, 6.45) is 1.79. The first-order valence-electron chi connectivity index (χ1n) is 9.35. The summed E-state index contributed by atoms with van der Waals surface area (Å²) in [7, 11) is 1.67. The van der Waals surface area contributed by atoms with E-state index in [0.29, 0.717) is 13.2 Å². The Balaban J connectivity index is 1.61. The van der Waals surface area contributed by atoms with Crippen LogP contribution in [0.1, 0.15) is 29.6 Å². The number of nitrogens with zero attached hydrogens (tertiary/aromatic N) is 2. The van der Waals surface area contributed by atoms with Gasteiger partial charge in [0.2, 0.25) is 0 Å². The summed E-state index contributed by atoms with van der Waals surface area (Å²) in [5, 5.41) is 9.85. The van der Waals surface area contributed by atoms with Gasteiger partial charge in [0, 0.05) is 38.0 Å². The largest absolute Gasteiger partial charge is 0.497 e. The predicted molar refractivity (Wildman–Crippen MR) is 112 cm³/mol. The lowest BCUT2D eigenvalue weighted by Gasteiger charge is -2.10. The highest BCUT2D eigenvalue weighted by atomic mass is 32.1. The molecule has 0 spiro atoms. The number of aliphatic imine (C=N–C) groups is 1. The standard InChI is InChI=1S/C20H30N4O2S/c1-4-21-20(23-12-10-18-15-27-16(2)24-18)22-11-5-13-26-14-17-6-8-19(25-3)9-7-17/h6-9,15H,4-5,10-14H2,1-3H3,(H2,21,22,23). The Morgan fingerprint density at radius 2 is 2.04 bits per heavy atom. The van der Waals surface area contributed by atoms with Crippen LogP contribution in [0.5, 0.6) is 5.75 Å². The van der Waals surface area contributed by atoms with Crippen molar-refractivity contribution >= 4 is 17.3 Å². The summed E-state index contributed by atoms with van der Waals surface area (Å²) < 4.78 is 10.9. The molecule has 0 saturated carbocycles. The molecule has 0 fully saturated rings. The predicted octanol–water partition coefficient (Wildman–Crippen LogP) is 3.16. The SMILES string of the molecule is CCNC(=NCCCOCc1ccc(OC)cc1)NCCc1csc(C)n1. The maximum Gasteiger partial charge on any atom is 0.191 e. The van der Waals surface area contributed by atoms with E-state index in [1.54, 1.807) is 18.4 Å². The number of methoxy groups -OCH3 is 1. The third-order valence-corrected chi connectivity index (χ3v) is 4.65. The van der Waals surface area contributed by atoms with Crippen molar-refractivity contribution in [3.63, 3.8) is 0 Å². The quantitative estimate of drug-likeness (QED) is 0.350. The first-order chi connectivity index (χ1) is 13.2. The van der Waals surface area contributed by atoms with Gasteiger partial charge in [-0.15, -0.1) is 11.3 Å². The fourth-order valence-electron chi connectivity index (χ4n) is 2.44. The summed E-state index contributed by atoms with van der Waals surface area (Å²) in [4.78, 5) is 9.08. The van der Waals surface area contributed by atoms with Crippen LogP contribution < -0.4 is 15.4 Å². The number of benzene rings is 1. The second kappa shape index (κ2) is 12.3. The molecule has 0 saturated heterocycles. The molecule has 0 radical (unpaired) electrons. The van der Waals surface area contributed by atoms with Crippen LogP contribution in [0.3, 0.4) is 0 Å². The summed E-state index contributed by atoms with van der Waals surface area (Å²) in [5.74, 6) is 1.71. The number of ether oxygens (including phenoxy) is 2. The van der Waals surface area contributed by atoms with E-state index in [2.05, 4.69) is 32.9 Å². The molecule has 0 aliphatic carbocycles. The lowest BCUT2D eigenvalue weighted by Crippen LogP contribution is -2.38. The van der Waals surface area contributed by atoms with Gasteiger partial charge in [-0.25, -0.2) is 4.98 Å². The molecule has 6 nitrogen and oxygen atoms in total. The van der Waals surface area contributed by atoms with Crippen LogP contribution in [0.4, 0.5) is 0 Å². The van der Waals surface area contributed by atoms with Gasteiger partial charge in [-0.3, -0.25) is 4.99 Å². The second-order valence-corrected chi connectivity index (χ2v) is 7.11. The number of aryl methyl sites for hydroxylation is 1. The fourth-order valence-corrected chi connectivity index (χ4v) is 3.09. The molecule has 2 rings (SSSR count). The van der Waals surface area contributed by atoms with E-state index in [-0.39, 0.29) is 0 Å². The highest BCUT2D eigenvalue weighted by molar-refractivity contribution is 7.09. The van der Waals surface area contributed by atoms with E-state index in [9.17, 15) is 0 Å². The molecule has 7 heteroatoms. The van der Waals surface area contributed by atoms with Gasteiger partial charge in [0.1, 0.15) is 5.75 Å². The highest BCUT2D eigenvalue weighted by Crippen LogP contribution is 2.12. The molecule has 1 aromatic carbocycles. The van der Waals surface area contributed by atoms with Gasteiger partial charge in [0.05, 0.1) is 24.4 Å². The number of hydrogen-bond acceptors (Lipinski definition) is 5. The van der Waals surface area contributed by atoms with Gasteiger partial charge >= 0.3 is 0 Å². The maximum atomic E-state index is 5.72. The summed E-state index contributed by atoms with van der Waals surface area (Å²) in [6.45, 7) is 7.79. The maximum absolute atomic E-state index is 5.72. The molecule has 1 aromatic heterocycles. The Hall–Kier alpha value is -2.12. The minimum atomic E-state index is 0.610. The zero-order valence-electron chi connectivity index (χ0n) is 16.5. The summed E-state index contributed by atoms with van der Waals surface area (Å²) >= 11 is 1.69. The molecule has 148 valence electrons. The van der Waals surface area contributed by atoms with Crippen molar-refractivity contribution in [2.45, 2.75) is 33.3 Å². The number of rotatable bonds is 11. The van der Waals surface area contributed by atoms with Gasteiger partial charge in [-0.2, -0.15) is 0 Å². The van der Waals surface area contributed by atoms with Crippen molar-refractivity contribution < 1.29 is 9.47 Å². The molecule has 27 heavy (non-hydrogen) atoms. The Morgan fingerprint density at radius 3 is 2.70 bits per heavy atom. The van der Waals surface area contributed by atoms with Crippen LogP contribution in [-0.2, 0) is 17.8 Å². The van der Waals surface area contributed by atoms with Crippen LogP contribution in [0.2, 0.25) is 0 Å². The monoisotopic (exact) mass is 390 g/mol. The zero-order valence-corrected chi connectivity index (χ0v) is 17.3. The number of guanidine groups is 1. The Morgan fingerprint density at radius 1 is 1.22 bits per heavy atom. The van der Waals surface area contributed by atoms with Crippen molar-refractivity contribution in [1.29, 1.82) is 0 Å². The van der Waals surface area contributed by atoms with Crippen molar-refractivity contribution in [3.05, 3.63) is 45.9 Å². The minimum absolute atomic E-state index is 0.610. The lowest BCUT2D eigenvalue weighted by atomic mass is 10.2. The number of thiazole rings is 1. The van der Waals surface area contributed by atoms with E-state index in [1.807, 2.05) is 31.2 Å². The normalized spacial score (nSPS) is 11.4. The van der Waals surface area contributed by atoms with Crippen LogP contribution in [0.15, 0.2) is 34.6 Å². The van der Waals surface area contributed by atoms with Crippen molar-refractivity contribution in [1.82, 2.24) is 15.6 Å². The number of aromatic nitrogens is 1. The van der Waals surface area contributed by atoms with Gasteiger partial charge in [-0.05, 0) is 38.0 Å². The molecular formula is C20H30N4O2S.